The van der Waals surface area contributed by atoms with E-state index in [2.05, 4.69) is 12.2 Å². The number of carbonyl (C=O) groups is 1. The molecule has 1 heterocycles. The molecule has 0 saturated heterocycles. The molecule has 2 rings (SSSR count). The predicted molar refractivity (Wildman–Crippen MR) is 84.8 cm³/mol. The van der Waals surface area contributed by atoms with Gasteiger partial charge in [0.25, 0.3) is 5.91 Å². The van der Waals surface area contributed by atoms with Crippen molar-refractivity contribution >= 4 is 17.2 Å². The van der Waals surface area contributed by atoms with Crippen LogP contribution in [0, 0.1) is 5.92 Å². The Morgan fingerprint density at radius 3 is 2.71 bits per heavy atom. The SMILES string of the molecule is CCC1CCc2sc(C(=O)NC(CC)(CO)CO)cc2C1. The van der Waals surface area contributed by atoms with E-state index < -0.39 is 5.54 Å². The highest BCUT2D eigenvalue weighted by atomic mass is 32.1. The van der Waals surface area contributed by atoms with Crippen molar-refractivity contribution in [1.29, 1.82) is 0 Å². The molecular formula is C16H25NO3S. The summed E-state index contributed by atoms with van der Waals surface area (Å²) in [6, 6.07) is 1.99. The normalized spacial score (nSPS) is 18.4. The molecule has 0 fully saturated rings. The molecule has 4 nitrogen and oxygen atoms in total. The molecule has 0 radical (unpaired) electrons. The molecule has 0 aromatic carbocycles. The fraction of sp³-hybridized carbons (Fsp3) is 0.688. The molecule has 118 valence electrons. The number of thiophene rings is 1. The zero-order chi connectivity index (χ0) is 15.5. The smallest absolute Gasteiger partial charge is 0.261 e. The Morgan fingerprint density at radius 1 is 1.43 bits per heavy atom. The third-order valence-electron chi connectivity index (χ3n) is 4.65. The second-order valence-electron chi connectivity index (χ2n) is 5.98. The van der Waals surface area contributed by atoms with Crippen LogP contribution < -0.4 is 5.32 Å². The third-order valence-corrected chi connectivity index (χ3v) is 5.88. The number of hydrogen-bond donors (Lipinski definition) is 3. The summed E-state index contributed by atoms with van der Waals surface area (Å²) in [5.41, 5.74) is 0.381. The highest BCUT2D eigenvalue weighted by Gasteiger charge is 2.30. The van der Waals surface area contributed by atoms with E-state index >= 15 is 0 Å². The van der Waals surface area contributed by atoms with Gasteiger partial charge in [0.15, 0.2) is 0 Å². The van der Waals surface area contributed by atoms with Gasteiger partial charge in [0.1, 0.15) is 0 Å². The second kappa shape index (κ2) is 6.90. The summed E-state index contributed by atoms with van der Waals surface area (Å²) in [5.74, 6) is 0.542. The van der Waals surface area contributed by atoms with E-state index in [1.54, 1.807) is 11.3 Å². The highest BCUT2D eigenvalue weighted by Crippen LogP contribution is 2.33. The number of carbonyl (C=O) groups excluding carboxylic acids is 1. The lowest BCUT2D eigenvalue weighted by Gasteiger charge is -2.29. The highest BCUT2D eigenvalue weighted by molar-refractivity contribution is 7.14. The molecule has 1 aromatic rings. The summed E-state index contributed by atoms with van der Waals surface area (Å²) in [6.07, 6.45) is 5.01. The summed E-state index contributed by atoms with van der Waals surface area (Å²) in [5, 5.41) is 21.7. The van der Waals surface area contributed by atoms with E-state index in [0.29, 0.717) is 11.3 Å². The minimum Gasteiger partial charge on any atom is -0.394 e. The monoisotopic (exact) mass is 311 g/mol. The molecule has 0 spiro atoms. The second-order valence-corrected chi connectivity index (χ2v) is 7.12. The number of hydrogen-bond acceptors (Lipinski definition) is 4. The molecule has 0 bridgehead atoms. The number of aliphatic hydroxyl groups is 2. The predicted octanol–water partition coefficient (Wildman–Crippen LogP) is 2.13. The minimum absolute atomic E-state index is 0.188. The molecule has 0 saturated carbocycles. The van der Waals surface area contributed by atoms with E-state index in [4.69, 9.17) is 0 Å². The van der Waals surface area contributed by atoms with Gasteiger partial charge >= 0.3 is 0 Å². The maximum absolute atomic E-state index is 12.4. The molecule has 5 heteroatoms. The Bertz CT molecular complexity index is 485. The van der Waals surface area contributed by atoms with Crippen LogP contribution >= 0.6 is 11.3 Å². The Morgan fingerprint density at radius 2 is 2.14 bits per heavy atom. The van der Waals surface area contributed by atoms with Gasteiger partial charge in [-0.25, -0.2) is 0 Å². The van der Waals surface area contributed by atoms with E-state index in [9.17, 15) is 15.0 Å². The summed E-state index contributed by atoms with van der Waals surface area (Å²) >= 11 is 1.55. The number of aryl methyl sites for hydroxylation is 1. The van der Waals surface area contributed by atoms with Crippen LogP contribution in [0.5, 0.6) is 0 Å². The third kappa shape index (κ3) is 3.47. The molecular weight excluding hydrogens is 286 g/mol. The molecule has 3 N–H and O–H groups in total. The summed E-state index contributed by atoms with van der Waals surface area (Å²) < 4.78 is 0. The first kappa shape index (κ1) is 16.5. The van der Waals surface area contributed by atoms with Gasteiger partial charge in [0.2, 0.25) is 0 Å². The lowest BCUT2D eigenvalue weighted by molar-refractivity contribution is 0.0656. The van der Waals surface area contributed by atoms with E-state index in [1.807, 2.05) is 13.0 Å². The van der Waals surface area contributed by atoms with Crippen molar-refractivity contribution in [2.24, 2.45) is 5.92 Å². The van der Waals surface area contributed by atoms with Crippen molar-refractivity contribution in [2.45, 2.75) is 51.5 Å². The Kier molecular flexibility index (Phi) is 5.41. The van der Waals surface area contributed by atoms with E-state index in [0.717, 1.165) is 18.8 Å². The zero-order valence-electron chi connectivity index (χ0n) is 12.8. The van der Waals surface area contributed by atoms with Crippen LogP contribution in [0.15, 0.2) is 6.07 Å². The summed E-state index contributed by atoms with van der Waals surface area (Å²) in [7, 11) is 0. The lowest BCUT2D eigenvalue weighted by atomic mass is 9.87. The first-order valence-electron chi connectivity index (χ1n) is 7.73. The molecule has 21 heavy (non-hydrogen) atoms. The van der Waals surface area contributed by atoms with Crippen LogP contribution in [-0.4, -0.2) is 34.9 Å². The van der Waals surface area contributed by atoms with Gasteiger partial charge in [-0.1, -0.05) is 20.3 Å². The first-order valence-corrected chi connectivity index (χ1v) is 8.55. The number of nitrogens with one attached hydrogen (secondary N) is 1. The Balaban J connectivity index is 2.12. The van der Waals surface area contributed by atoms with Crippen LogP contribution in [-0.2, 0) is 12.8 Å². The van der Waals surface area contributed by atoms with Crippen molar-refractivity contribution in [3.63, 3.8) is 0 Å². The topological polar surface area (TPSA) is 69.6 Å². The molecule has 1 aromatic heterocycles. The van der Waals surface area contributed by atoms with Gasteiger partial charge in [-0.2, -0.15) is 0 Å². The number of amides is 1. The van der Waals surface area contributed by atoms with Crippen molar-refractivity contribution in [3.05, 3.63) is 21.4 Å². The van der Waals surface area contributed by atoms with Crippen molar-refractivity contribution in [3.8, 4) is 0 Å². The number of aliphatic hydroxyl groups excluding tert-OH is 2. The van der Waals surface area contributed by atoms with Crippen LogP contribution in [0.3, 0.4) is 0 Å². The average molecular weight is 311 g/mol. The van der Waals surface area contributed by atoms with Gasteiger partial charge in [-0.15, -0.1) is 11.3 Å². The molecule has 1 unspecified atom stereocenters. The van der Waals surface area contributed by atoms with Crippen molar-refractivity contribution in [1.82, 2.24) is 5.32 Å². The van der Waals surface area contributed by atoms with Crippen LogP contribution in [0.1, 0.15) is 53.2 Å². The average Bonchev–Trinajstić information content (AvgIpc) is 2.95. The molecule has 1 aliphatic rings. The van der Waals surface area contributed by atoms with Gasteiger partial charge in [-0.3, -0.25) is 4.79 Å². The van der Waals surface area contributed by atoms with Gasteiger partial charge < -0.3 is 15.5 Å². The standard InChI is InChI=1S/C16H25NO3S/c1-3-11-5-6-13-12(7-11)8-14(21-13)15(20)17-16(4-2,9-18)10-19/h8,11,18-19H,3-7,9-10H2,1-2H3,(H,17,20). The largest absolute Gasteiger partial charge is 0.394 e. The number of fused-ring (bicyclic) bond motifs is 1. The first-order chi connectivity index (χ1) is 10.1. The molecule has 1 amide bonds. The minimum atomic E-state index is -0.923. The summed E-state index contributed by atoms with van der Waals surface area (Å²) in [4.78, 5) is 14.4. The van der Waals surface area contributed by atoms with Crippen LogP contribution in [0.4, 0.5) is 0 Å². The molecule has 1 atom stereocenters. The van der Waals surface area contributed by atoms with Gasteiger partial charge in [0, 0.05) is 4.88 Å². The fourth-order valence-electron chi connectivity index (χ4n) is 2.80. The van der Waals surface area contributed by atoms with E-state index in [-0.39, 0.29) is 19.1 Å². The van der Waals surface area contributed by atoms with Crippen LogP contribution in [0.25, 0.3) is 0 Å². The Labute approximate surface area is 130 Å². The van der Waals surface area contributed by atoms with Crippen LogP contribution in [0.2, 0.25) is 0 Å². The maximum Gasteiger partial charge on any atom is 0.261 e. The van der Waals surface area contributed by atoms with Crippen molar-refractivity contribution in [2.75, 3.05) is 13.2 Å². The van der Waals surface area contributed by atoms with E-state index in [1.165, 1.54) is 23.3 Å². The number of rotatable bonds is 6. The Hall–Kier alpha value is -0.910. The maximum atomic E-state index is 12.4. The van der Waals surface area contributed by atoms with Gasteiger partial charge in [0.05, 0.1) is 23.6 Å². The van der Waals surface area contributed by atoms with Gasteiger partial charge in [-0.05, 0) is 43.2 Å². The molecule has 0 aliphatic heterocycles. The lowest BCUT2D eigenvalue weighted by Crippen LogP contribution is -2.53. The fourth-order valence-corrected chi connectivity index (χ4v) is 3.91. The quantitative estimate of drug-likeness (QED) is 0.754. The molecule has 1 aliphatic carbocycles. The summed E-state index contributed by atoms with van der Waals surface area (Å²) in [6.45, 7) is 3.55. The van der Waals surface area contributed by atoms with Crippen molar-refractivity contribution < 1.29 is 15.0 Å². The zero-order valence-corrected chi connectivity index (χ0v) is 13.6.